The normalized spacial score (nSPS) is 12.8. The first-order valence-electron chi connectivity index (χ1n) is 6.64. The highest BCUT2D eigenvalue weighted by atomic mass is 15.2. The molecule has 4 nitrogen and oxygen atoms in total. The fraction of sp³-hybridized carbons (Fsp3) is 0.643. The maximum atomic E-state index is 5.54. The van der Waals surface area contributed by atoms with Gasteiger partial charge < -0.3 is 15.5 Å². The van der Waals surface area contributed by atoms with Crippen molar-refractivity contribution in [2.24, 2.45) is 5.73 Å². The van der Waals surface area contributed by atoms with Gasteiger partial charge in [0.2, 0.25) is 0 Å². The molecule has 0 saturated carbocycles. The molecule has 4 heteroatoms. The highest BCUT2D eigenvalue weighted by molar-refractivity contribution is 5.40. The molecule has 0 aromatic carbocycles. The Hall–Kier alpha value is -1.13. The third kappa shape index (κ3) is 4.27. The van der Waals surface area contributed by atoms with Crippen molar-refractivity contribution in [1.29, 1.82) is 0 Å². The van der Waals surface area contributed by atoms with E-state index in [0.717, 1.165) is 25.3 Å². The maximum absolute atomic E-state index is 5.54. The molecule has 0 fully saturated rings. The summed E-state index contributed by atoms with van der Waals surface area (Å²) in [6, 6.07) is 4.68. The number of rotatable bonds is 7. The quantitative estimate of drug-likeness (QED) is 0.793. The van der Waals surface area contributed by atoms with Gasteiger partial charge in [-0.2, -0.15) is 0 Å². The highest BCUT2D eigenvalue weighted by Gasteiger charge is 2.14. The Balaban J connectivity index is 2.75. The first-order chi connectivity index (χ1) is 8.58. The van der Waals surface area contributed by atoms with Crippen molar-refractivity contribution < 1.29 is 0 Å². The molecule has 102 valence electrons. The van der Waals surface area contributed by atoms with Crippen LogP contribution >= 0.6 is 0 Å². The molecule has 0 spiro atoms. The molecule has 1 heterocycles. The van der Waals surface area contributed by atoms with Gasteiger partial charge in [0.1, 0.15) is 5.82 Å². The maximum Gasteiger partial charge on any atom is 0.128 e. The molecule has 0 aliphatic heterocycles. The summed E-state index contributed by atoms with van der Waals surface area (Å²) in [6.07, 6.45) is 2.83. The summed E-state index contributed by atoms with van der Waals surface area (Å²) in [5.74, 6) is 1.05. The summed E-state index contributed by atoms with van der Waals surface area (Å²) in [5, 5.41) is 0. The van der Waals surface area contributed by atoms with Gasteiger partial charge in [-0.15, -0.1) is 0 Å². The first kappa shape index (κ1) is 14.9. The van der Waals surface area contributed by atoms with Crippen LogP contribution in [0.25, 0.3) is 0 Å². The van der Waals surface area contributed by atoms with Gasteiger partial charge in [-0.25, -0.2) is 4.98 Å². The molecule has 0 aliphatic carbocycles. The lowest BCUT2D eigenvalue weighted by molar-refractivity contribution is 0.372. The van der Waals surface area contributed by atoms with Crippen LogP contribution in [0.3, 0.4) is 0 Å². The van der Waals surface area contributed by atoms with Crippen molar-refractivity contribution in [1.82, 2.24) is 9.88 Å². The van der Waals surface area contributed by atoms with Crippen molar-refractivity contribution in [2.75, 3.05) is 38.6 Å². The fourth-order valence-corrected chi connectivity index (χ4v) is 2.23. The summed E-state index contributed by atoms with van der Waals surface area (Å²) in [5.41, 5.74) is 6.75. The lowest BCUT2D eigenvalue weighted by Crippen LogP contribution is -2.40. The van der Waals surface area contributed by atoms with Gasteiger partial charge in [-0.1, -0.05) is 6.07 Å². The predicted molar refractivity (Wildman–Crippen MR) is 78.0 cm³/mol. The molecular formula is C14H26N4. The van der Waals surface area contributed by atoms with Crippen LogP contribution < -0.4 is 10.6 Å². The summed E-state index contributed by atoms with van der Waals surface area (Å²) >= 11 is 0. The van der Waals surface area contributed by atoms with Crippen molar-refractivity contribution >= 4 is 5.82 Å². The van der Waals surface area contributed by atoms with Crippen LogP contribution in [0.2, 0.25) is 0 Å². The van der Waals surface area contributed by atoms with Crippen molar-refractivity contribution in [3.8, 4) is 0 Å². The van der Waals surface area contributed by atoms with E-state index >= 15 is 0 Å². The second-order valence-electron chi connectivity index (χ2n) is 4.96. The Labute approximate surface area is 111 Å². The summed E-state index contributed by atoms with van der Waals surface area (Å²) in [7, 11) is 4.20. The number of hydrogen-bond acceptors (Lipinski definition) is 4. The van der Waals surface area contributed by atoms with Crippen LogP contribution in [0, 0.1) is 0 Å². The van der Waals surface area contributed by atoms with Crippen molar-refractivity contribution in [3.05, 3.63) is 23.9 Å². The van der Waals surface area contributed by atoms with Crippen LogP contribution in [-0.2, 0) is 6.42 Å². The molecule has 0 amide bonds. The average molecular weight is 250 g/mol. The minimum absolute atomic E-state index is 0.456. The third-order valence-electron chi connectivity index (χ3n) is 3.04. The van der Waals surface area contributed by atoms with Crippen LogP contribution in [0.4, 0.5) is 5.82 Å². The van der Waals surface area contributed by atoms with E-state index in [4.69, 9.17) is 5.73 Å². The predicted octanol–water partition coefficient (Wildman–Crippen LogP) is 1.36. The number of pyridine rings is 1. The van der Waals surface area contributed by atoms with E-state index in [0.29, 0.717) is 12.6 Å². The molecular weight excluding hydrogens is 224 g/mol. The zero-order chi connectivity index (χ0) is 13.5. The largest absolute Gasteiger partial charge is 0.353 e. The smallest absolute Gasteiger partial charge is 0.128 e. The SMILES string of the molecule is CCN(c1ccc(CCN)cn1)C(C)CN(C)C. The highest BCUT2D eigenvalue weighted by Crippen LogP contribution is 2.14. The second kappa shape index (κ2) is 7.34. The van der Waals surface area contributed by atoms with Gasteiger partial charge in [0.25, 0.3) is 0 Å². The Morgan fingerprint density at radius 2 is 2.06 bits per heavy atom. The number of anilines is 1. The van der Waals surface area contributed by atoms with E-state index in [-0.39, 0.29) is 0 Å². The second-order valence-corrected chi connectivity index (χ2v) is 4.96. The van der Waals surface area contributed by atoms with E-state index in [2.05, 4.69) is 54.9 Å². The number of likely N-dealkylation sites (N-methyl/N-ethyl adjacent to an activating group) is 2. The van der Waals surface area contributed by atoms with E-state index in [1.54, 1.807) is 0 Å². The van der Waals surface area contributed by atoms with Crippen LogP contribution in [0.5, 0.6) is 0 Å². The lowest BCUT2D eigenvalue weighted by atomic mass is 10.2. The summed E-state index contributed by atoms with van der Waals surface area (Å²) in [6.45, 7) is 7.08. The monoisotopic (exact) mass is 250 g/mol. The summed E-state index contributed by atoms with van der Waals surface area (Å²) < 4.78 is 0. The Morgan fingerprint density at radius 3 is 2.50 bits per heavy atom. The zero-order valence-electron chi connectivity index (χ0n) is 12.1. The zero-order valence-corrected chi connectivity index (χ0v) is 12.1. The van der Waals surface area contributed by atoms with E-state index in [1.807, 2.05) is 6.20 Å². The topological polar surface area (TPSA) is 45.4 Å². The number of nitrogens with two attached hydrogens (primary N) is 1. The van der Waals surface area contributed by atoms with Crippen LogP contribution in [0.1, 0.15) is 19.4 Å². The van der Waals surface area contributed by atoms with Gasteiger partial charge in [0.05, 0.1) is 0 Å². The minimum atomic E-state index is 0.456. The summed E-state index contributed by atoms with van der Waals surface area (Å²) in [4.78, 5) is 9.08. The number of hydrogen-bond donors (Lipinski definition) is 1. The minimum Gasteiger partial charge on any atom is -0.353 e. The molecule has 1 atom stereocenters. The number of nitrogens with zero attached hydrogens (tertiary/aromatic N) is 3. The van der Waals surface area contributed by atoms with E-state index in [1.165, 1.54) is 5.56 Å². The Bertz CT molecular complexity index is 334. The van der Waals surface area contributed by atoms with Gasteiger partial charge in [-0.3, -0.25) is 0 Å². The van der Waals surface area contributed by atoms with Crippen molar-refractivity contribution in [2.45, 2.75) is 26.3 Å². The Kier molecular flexibility index (Phi) is 6.09. The Morgan fingerprint density at radius 1 is 1.33 bits per heavy atom. The first-order valence-corrected chi connectivity index (χ1v) is 6.64. The molecule has 0 radical (unpaired) electrons. The van der Waals surface area contributed by atoms with Crippen molar-refractivity contribution in [3.63, 3.8) is 0 Å². The number of aromatic nitrogens is 1. The van der Waals surface area contributed by atoms with Crippen LogP contribution in [0.15, 0.2) is 18.3 Å². The molecule has 1 aromatic heterocycles. The van der Waals surface area contributed by atoms with Gasteiger partial charge in [-0.05, 0) is 52.5 Å². The van der Waals surface area contributed by atoms with E-state index in [9.17, 15) is 0 Å². The molecule has 1 aromatic rings. The molecule has 0 saturated heterocycles. The van der Waals surface area contributed by atoms with Gasteiger partial charge in [0, 0.05) is 25.3 Å². The van der Waals surface area contributed by atoms with Gasteiger partial charge in [0.15, 0.2) is 0 Å². The molecule has 1 rings (SSSR count). The molecule has 0 aliphatic rings. The van der Waals surface area contributed by atoms with Gasteiger partial charge >= 0.3 is 0 Å². The molecule has 18 heavy (non-hydrogen) atoms. The van der Waals surface area contributed by atoms with Crippen LogP contribution in [-0.4, -0.2) is 49.7 Å². The molecule has 2 N–H and O–H groups in total. The molecule has 0 bridgehead atoms. The van der Waals surface area contributed by atoms with E-state index < -0.39 is 0 Å². The molecule has 1 unspecified atom stereocenters. The lowest BCUT2D eigenvalue weighted by Gasteiger charge is -2.31. The third-order valence-corrected chi connectivity index (χ3v) is 3.04. The fourth-order valence-electron chi connectivity index (χ4n) is 2.23. The standard InChI is InChI=1S/C14H26N4/c1-5-18(12(2)11-17(3)4)14-7-6-13(8-9-15)10-16-14/h6-7,10,12H,5,8-9,11,15H2,1-4H3. The average Bonchev–Trinajstić information content (AvgIpc) is 2.31.